The number of aliphatic carboxylic acids is 1. The first kappa shape index (κ1) is 15.4. The molecule has 112 valence electrons. The van der Waals surface area contributed by atoms with E-state index >= 15 is 0 Å². The highest BCUT2D eigenvalue weighted by molar-refractivity contribution is 8.02. The summed E-state index contributed by atoms with van der Waals surface area (Å²) in [5.41, 5.74) is 0.189. The van der Waals surface area contributed by atoms with Gasteiger partial charge in [0.15, 0.2) is 0 Å². The molecule has 0 aromatic rings. The minimum Gasteiger partial charge on any atom is -0.477 e. The number of thioether (sulfide) groups is 1. The maximum Gasteiger partial charge on any atom is 0.350 e. The number of nitrogens with zero attached hydrogens (tertiary/aromatic N) is 1. The van der Waals surface area contributed by atoms with E-state index in [0.29, 0.717) is 0 Å². The molecule has 0 aromatic carbocycles. The predicted octanol–water partition coefficient (Wildman–Crippen LogP) is 1.99. The Morgan fingerprint density at radius 3 is 2.35 bits per heavy atom. The summed E-state index contributed by atoms with van der Waals surface area (Å²) in [6, 6.07) is -0.280. The highest BCUT2D eigenvalue weighted by atomic mass is 32.2. The molecule has 6 heteroatoms. The zero-order valence-electron chi connectivity index (χ0n) is 12.4. The first-order valence-corrected chi connectivity index (χ1v) is 7.69. The van der Waals surface area contributed by atoms with Gasteiger partial charge in [-0.25, -0.2) is 4.79 Å². The summed E-state index contributed by atoms with van der Waals surface area (Å²) in [6.45, 7) is 9.97. The molecule has 0 spiro atoms. The molecule has 5 atom stereocenters. The van der Waals surface area contributed by atoms with Crippen LogP contribution in [-0.2, 0) is 14.3 Å². The van der Waals surface area contributed by atoms with Crippen LogP contribution in [0, 0.1) is 11.8 Å². The Balaban J connectivity index is 2.25. The Hall–Kier alpha value is -1.04. The molecule has 2 heterocycles. The number of carboxylic acids is 1. The minimum absolute atomic E-state index is 0.0191. The van der Waals surface area contributed by atoms with Crippen molar-refractivity contribution in [2.75, 3.05) is 0 Å². The van der Waals surface area contributed by atoms with E-state index in [-0.39, 0.29) is 45.7 Å². The molecule has 1 N–H and O–H groups in total. The summed E-state index contributed by atoms with van der Waals surface area (Å²) in [5, 5.41) is 9.18. The van der Waals surface area contributed by atoms with E-state index in [1.807, 2.05) is 13.8 Å². The second-order valence-corrected chi connectivity index (χ2v) is 8.46. The van der Waals surface area contributed by atoms with Gasteiger partial charge in [0.25, 0.3) is 0 Å². The number of rotatable bonds is 3. The molecule has 2 aliphatic heterocycles. The number of aliphatic imine (C=N–C) groups is 1. The van der Waals surface area contributed by atoms with Crippen LogP contribution in [0.1, 0.15) is 34.6 Å². The van der Waals surface area contributed by atoms with Gasteiger partial charge in [-0.15, -0.1) is 11.8 Å². The number of carboxylic acid groups (broad SMARTS) is 1. The average Bonchev–Trinajstić information content (AvgIpc) is 2.56. The Morgan fingerprint density at radius 2 is 1.95 bits per heavy atom. The SMILES string of the molecule is C[C@H]1OC(=O)[C@H]1[C@@H]1N=C(C(=O)O)C(SC(C)(C)C)[C@@H]1C. The third kappa shape index (κ3) is 2.71. The van der Waals surface area contributed by atoms with Crippen LogP contribution in [0.4, 0.5) is 0 Å². The Labute approximate surface area is 123 Å². The maximum atomic E-state index is 11.6. The van der Waals surface area contributed by atoms with Gasteiger partial charge in [-0.05, 0) is 12.8 Å². The smallest absolute Gasteiger partial charge is 0.350 e. The van der Waals surface area contributed by atoms with Gasteiger partial charge in [0.2, 0.25) is 0 Å². The lowest BCUT2D eigenvalue weighted by molar-refractivity contribution is -0.184. The lowest BCUT2D eigenvalue weighted by atomic mass is 9.83. The molecule has 1 unspecified atom stereocenters. The third-order valence-electron chi connectivity index (χ3n) is 3.72. The molecule has 0 aliphatic carbocycles. The van der Waals surface area contributed by atoms with E-state index in [1.54, 1.807) is 11.8 Å². The summed E-state index contributed by atoms with van der Waals surface area (Å²) in [5.74, 6) is -1.53. The summed E-state index contributed by atoms with van der Waals surface area (Å²) in [7, 11) is 0. The molecular formula is C14H21NO4S. The van der Waals surface area contributed by atoms with Gasteiger partial charge in [0, 0.05) is 4.75 Å². The highest BCUT2D eigenvalue weighted by Gasteiger charge is 2.53. The van der Waals surface area contributed by atoms with Crippen LogP contribution in [0.3, 0.4) is 0 Å². The fraction of sp³-hybridized carbons (Fsp3) is 0.786. The Morgan fingerprint density at radius 1 is 1.35 bits per heavy atom. The van der Waals surface area contributed by atoms with Gasteiger partial charge < -0.3 is 9.84 Å². The predicted molar refractivity (Wildman–Crippen MR) is 78.2 cm³/mol. The first-order chi connectivity index (χ1) is 9.11. The second kappa shape index (κ2) is 5.06. The van der Waals surface area contributed by atoms with Crippen LogP contribution in [0.25, 0.3) is 0 Å². The molecule has 5 nitrogen and oxygen atoms in total. The standard InChI is InChI=1S/C14H21NO4S/c1-6-9(8-7(2)19-13(8)18)15-10(12(16)17)11(6)20-14(3,4)5/h6-9,11H,1-5H3,(H,16,17)/t6-,7-,8-,9-,11?/m1/s1. The second-order valence-electron chi connectivity index (χ2n) is 6.49. The minimum atomic E-state index is -0.985. The summed E-state index contributed by atoms with van der Waals surface area (Å²) in [6.07, 6.45) is -0.174. The van der Waals surface area contributed by atoms with Crippen LogP contribution in [0.5, 0.6) is 0 Å². The molecule has 0 bridgehead atoms. The maximum absolute atomic E-state index is 11.6. The van der Waals surface area contributed by atoms with Crippen molar-refractivity contribution in [3.05, 3.63) is 0 Å². The summed E-state index contributed by atoms with van der Waals surface area (Å²) in [4.78, 5) is 27.4. The van der Waals surface area contributed by atoms with Crippen LogP contribution in [0.15, 0.2) is 4.99 Å². The molecule has 20 heavy (non-hydrogen) atoms. The van der Waals surface area contributed by atoms with E-state index < -0.39 is 5.97 Å². The fourth-order valence-corrected chi connectivity index (χ4v) is 4.19. The van der Waals surface area contributed by atoms with Crippen molar-refractivity contribution >= 4 is 29.4 Å². The quantitative estimate of drug-likeness (QED) is 0.807. The third-order valence-corrected chi connectivity index (χ3v) is 5.34. The normalized spacial score (nSPS) is 37.1. The van der Waals surface area contributed by atoms with E-state index in [9.17, 15) is 14.7 Å². The van der Waals surface area contributed by atoms with Crippen molar-refractivity contribution in [1.29, 1.82) is 0 Å². The number of carbonyl (C=O) groups is 2. The Bertz CT molecular complexity index is 468. The number of esters is 1. The van der Waals surface area contributed by atoms with Gasteiger partial charge >= 0.3 is 11.9 Å². The monoisotopic (exact) mass is 299 g/mol. The van der Waals surface area contributed by atoms with Crippen molar-refractivity contribution in [1.82, 2.24) is 0 Å². The van der Waals surface area contributed by atoms with Crippen molar-refractivity contribution in [2.24, 2.45) is 16.8 Å². The Kier molecular flexibility index (Phi) is 3.88. The molecule has 0 aromatic heterocycles. The number of hydrogen-bond acceptors (Lipinski definition) is 5. The topological polar surface area (TPSA) is 76.0 Å². The van der Waals surface area contributed by atoms with E-state index in [4.69, 9.17) is 4.74 Å². The lowest BCUT2D eigenvalue weighted by Gasteiger charge is -2.37. The van der Waals surface area contributed by atoms with E-state index in [0.717, 1.165) is 0 Å². The molecule has 2 aliphatic rings. The molecule has 0 saturated carbocycles. The fourth-order valence-electron chi connectivity index (χ4n) is 2.78. The van der Waals surface area contributed by atoms with Crippen molar-refractivity contribution in [3.63, 3.8) is 0 Å². The summed E-state index contributed by atoms with van der Waals surface area (Å²) >= 11 is 1.60. The highest BCUT2D eigenvalue weighted by Crippen LogP contribution is 2.43. The van der Waals surface area contributed by atoms with Crippen molar-refractivity contribution in [3.8, 4) is 0 Å². The van der Waals surface area contributed by atoms with Gasteiger partial charge in [0.05, 0.1) is 11.3 Å². The van der Waals surface area contributed by atoms with Crippen LogP contribution >= 0.6 is 11.8 Å². The molecule has 0 amide bonds. The van der Waals surface area contributed by atoms with Crippen molar-refractivity contribution in [2.45, 2.75) is 56.8 Å². The number of carbonyl (C=O) groups excluding carboxylic acids is 1. The van der Waals surface area contributed by atoms with Gasteiger partial charge in [-0.3, -0.25) is 9.79 Å². The molecule has 0 radical (unpaired) electrons. The van der Waals surface area contributed by atoms with Gasteiger partial charge in [-0.2, -0.15) is 0 Å². The summed E-state index contributed by atoms with van der Waals surface area (Å²) < 4.78 is 4.92. The van der Waals surface area contributed by atoms with Gasteiger partial charge in [0.1, 0.15) is 17.7 Å². The number of hydrogen-bond donors (Lipinski definition) is 1. The van der Waals surface area contributed by atoms with E-state index in [2.05, 4.69) is 25.8 Å². The first-order valence-electron chi connectivity index (χ1n) is 6.81. The molecule has 1 fully saturated rings. The van der Waals surface area contributed by atoms with Crippen molar-refractivity contribution < 1.29 is 19.4 Å². The zero-order valence-corrected chi connectivity index (χ0v) is 13.2. The molecule has 1 saturated heterocycles. The van der Waals surface area contributed by atoms with E-state index in [1.165, 1.54) is 0 Å². The zero-order chi connectivity index (χ0) is 15.2. The average molecular weight is 299 g/mol. The molecular weight excluding hydrogens is 278 g/mol. The lowest BCUT2D eigenvalue weighted by Crippen LogP contribution is -2.51. The van der Waals surface area contributed by atoms with Crippen LogP contribution in [-0.4, -0.2) is 44.9 Å². The number of ether oxygens (including phenoxy) is 1. The molecule has 2 rings (SSSR count). The number of cyclic esters (lactones) is 1. The largest absolute Gasteiger partial charge is 0.477 e. The van der Waals surface area contributed by atoms with Gasteiger partial charge in [-0.1, -0.05) is 27.7 Å². The van der Waals surface area contributed by atoms with Crippen LogP contribution < -0.4 is 0 Å². The van der Waals surface area contributed by atoms with Crippen LogP contribution in [0.2, 0.25) is 0 Å².